The molecule has 1 fully saturated rings. The Morgan fingerprint density at radius 1 is 1.48 bits per heavy atom. The third-order valence-electron chi connectivity index (χ3n) is 4.27. The lowest BCUT2D eigenvalue weighted by molar-refractivity contribution is -0.118. The zero-order valence-corrected chi connectivity index (χ0v) is 15.4. The Balaban J connectivity index is 1.79. The second-order valence-corrected chi connectivity index (χ2v) is 7.24. The van der Waals surface area contributed by atoms with Gasteiger partial charge >= 0.3 is 0 Å². The smallest absolute Gasteiger partial charge is 0.240 e. The van der Waals surface area contributed by atoms with Gasteiger partial charge in [-0.1, -0.05) is 6.92 Å². The summed E-state index contributed by atoms with van der Waals surface area (Å²) in [5.41, 5.74) is 1.07. The van der Waals surface area contributed by atoms with E-state index in [1.165, 1.54) is 4.88 Å². The first-order valence-corrected chi connectivity index (χ1v) is 9.06. The number of carbonyl (C=O) groups is 1. The zero-order chi connectivity index (χ0) is 16.8. The first kappa shape index (κ1) is 18.3. The zero-order valence-electron chi connectivity index (χ0n) is 14.6. The van der Waals surface area contributed by atoms with Crippen molar-refractivity contribution < 1.29 is 9.53 Å². The van der Waals surface area contributed by atoms with Crippen molar-refractivity contribution in [3.05, 3.63) is 10.6 Å². The third kappa shape index (κ3) is 5.24. The molecule has 130 valence electrons. The average molecular weight is 340 g/mol. The molecule has 2 rings (SSSR count). The van der Waals surface area contributed by atoms with Gasteiger partial charge in [-0.3, -0.25) is 14.6 Å². The molecule has 2 heterocycles. The van der Waals surface area contributed by atoms with E-state index in [-0.39, 0.29) is 5.91 Å². The van der Waals surface area contributed by atoms with Crippen LogP contribution in [0.5, 0.6) is 0 Å². The first-order chi connectivity index (χ1) is 11.0. The minimum absolute atomic E-state index is 0.0268. The van der Waals surface area contributed by atoms with Crippen LogP contribution in [0.4, 0.5) is 5.13 Å². The van der Waals surface area contributed by atoms with Crippen molar-refractivity contribution in [2.24, 2.45) is 0 Å². The van der Waals surface area contributed by atoms with E-state index in [2.05, 4.69) is 33.9 Å². The van der Waals surface area contributed by atoms with Gasteiger partial charge in [0.05, 0.1) is 18.8 Å². The van der Waals surface area contributed by atoms with Crippen molar-refractivity contribution in [1.29, 1.82) is 0 Å². The number of rotatable bonds is 7. The molecule has 1 aliphatic heterocycles. The van der Waals surface area contributed by atoms with E-state index in [1.807, 2.05) is 6.92 Å². The van der Waals surface area contributed by atoms with Crippen LogP contribution in [0.3, 0.4) is 0 Å². The number of hydrogen-bond donors (Lipinski definition) is 1. The Kier molecular flexibility index (Phi) is 6.95. The van der Waals surface area contributed by atoms with E-state index in [9.17, 15) is 4.79 Å². The lowest BCUT2D eigenvalue weighted by Gasteiger charge is -2.39. The van der Waals surface area contributed by atoms with Gasteiger partial charge in [0.25, 0.3) is 0 Å². The lowest BCUT2D eigenvalue weighted by Crippen LogP contribution is -2.54. The highest BCUT2D eigenvalue weighted by molar-refractivity contribution is 7.15. The second kappa shape index (κ2) is 8.73. The van der Waals surface area contributed by atoms with Crippen molar-refractivity contribution >= 4 is 22.4 Å². The number of methoxy groups -OCH3 is 1. The number of anilines is 1. The summed E-state index contributed by atoms with van der Waals surface area (Å²) >= 11 is 1.56. The van der Waals surface area contributed by atoms with Gasteiger partial charge in [0.1, 0.15) is 0 Å². The van der Waals surface area contributed by atoms with Gasteiger partial charge in [-0.05, 0) is 20.3 Å². The van der Waals surface area contributed by atoms with Crippen molar-refractivity contribution in [3.63, 3.8) is 0 Å². The molecule has 1 saturated heterocycles. The Labute approximate surface area is 142 Å². The van der Waals surface area contributed by atoms with Crippen LogP contribution in [-0.2, 0) is 16.0 Å². The minimum atomic E-state index is 0.0268. The van der Waals surface area contributed by atoms with Crippen molar-refractivity contribution in [2.75, 3.05) is 51.8 Å². The van der Waals surface area contributed by atoms with Crippen molar-refractivity contribution in [1.82, 2.24) is 14.8 Å². The van der Waals surface area contributed by atoms with Crippen LogP contribution in [0.1, 0.15) is 24.4 Å². The topological polar surface area (TPSA) is 57.7 Å². The third-order valence-corrected chi connectivity index (χ3v) is 5.20. The number of hydrogen-bond acceptors (Lipinski definition) is 6. The quantitative estimate of drug-likeness (QED) is 0.817. The highest BCUT2D eigenvalue weighted by Crippen LogP contribution is 2.22. The summed E-state index contributed by atoms with van der Waals surface area (Å²) in [5.74, 6) is 0.0268. The number of nitrogens with zero attached hydrogens (tertiary/aromatic N) is 3. The molecule has 1 amide bonds. The molecule has 1 aromatic rings. The monoisotopic (exact) mass is 340 g/mol. The van der Waals surface area contributed by atoms with Crippen LogP contribution < -0.4 is 5.32 Å². The highest BCUT2D eigenvalue weighted by Gasteiger charge is 2.24. The SMILES string of the molecule is CCc1nc(NC(=O)CN2CCN(CCOC)[C@H](C)C2)sc1C. The Morgan fingerprint density at radius 3 is 2.87 bits per heavy atom. The van der Waals surface area contributed by atoms with Crippen LogP contribution in [0.2, 0.25) is 0 Å². The summed E-state index contributed by atoms with van der Waals surface area (Å²) in [6, 6.07) is 0.445. The number of aromatic nitrogens is 1. The average Bonchev–Trinajstić information content (AvgIpc) is 2.86. The van der Waals surface area contributed by atoms with E-state index < -0.39 is 0 Å². The summed E-state index contributed by atoms with van der Waals surface area (Å²) in [7, 11) is 1.73. The Morgan fingerprint density at radius 2 is 2.26 bits per heavy atom. The number of amides is 1. The number of carbonyl (C=O) groups excluding carboxylic acids is 1. The summed E-state index contributed by atoms with van der Waals surface area (Å²) in [5, 5.41) is 3.66. The maximum Gasteiger partial charge on any atom is 0.240 e. The number of piperazine rings is 1. The second-order valence-electron chi connectivity index (χ2n) is 6.04. The van der Waals surface area contributed by atoms with E-state index in [1.54, 1.807) is 18.4 Å². The van der Waals surface area contributed by atoms with Gasteiger partial charge in [0.2, 0.25) is 5.91 Å². The fraction of sp³-hybridized carbons (Fsp3) is 0.750. The van der Waals surface area contributed by atoms with E-state index in [0.717, 1.165) is 50.0 Å². The number of aryl methyl sites for hydroxylation is 2. The van der Waals surface area contributed by atoms with Gasteiger partial charge in [0, 0.05) is 44.2 Å². The molecule has 0 saturated carbocycles. The molecule has 0 bridgehead atoms. The fourth-order valence-electron chi connectivity index (χ4n) is 2.93. The van der Waals surface area contributed by atoms with Crippen LogP contribution in [0.25, 0.3) is 0 Å². The van der Waals surface area contributed by atoms with Crippen LogP contribution >= 0.6 is 11.3 Å². The first-order valence-electron chi connectivity index (χ1n) is 8.25. The van der Waals surface area contributed by atoms with Gasteiger partial charge in [-0.15, -0.1) is 11.3 Å². The molecule has 0 aromatic carbocycles. The molecular formula is C16H28N4O2S. The molecular weight excluding hydrogens is 312 g/mol. The van der Waals surface area contributed by atoms with E-state index in [4.69, 9.17) is 4.74 Å². The van der Waals surface area contributed by atoms with Crippen molar-refractivity contribution in [3.8, 4) is 0 Å². The van der Waals surface area contributed by atoms with Crippen molar-refractivity contribution in [2.45, 2.75) is 33.2 Å². The predicted molar refractivity (Wildman–Crippen MR) is 94.2 cm³/mol. The highest BCUT2D eigenvalue weighted by atomic mass is 32.1. The maximum atomic E-state index is 12.2. The predicted octanol–water partition coefficient (Wildman–Crippen LogP) is 1.60. The Bertz CT molecular complexity index is 520. The summed E-state index contributed by atoms with van der Waals surface area (Å²) in [6.45, 7) is 11.3. The van der Waals surface area contributed by atoms with Crippen LogP contribution in [-0.4, -0.2) is 73.2 Å². The fourth-order valence-corrected chi connectivity index (χ4v) is 3.84. The minimum Gasteiger partial charge on any atom is -0.383 e. The van der Waals surface area contributed by atoms with E-state index >= 15 is 0 Å². The summed E-state index contributed by atoms with van der Waals surface area (Å²) < 4.78 is 5.15. The molecule has 7 heteroatoms. The van der Waals surface area contributed by atoms with Gasteiger partial charge in [-0.25, -0.2) is 4.98 Å². The molecule has 0 aliphatic carbocycles. The van der Waals surface area contributed by atoms with Gasteiger partial charge in [-0.2, -0.15) is 0 Å². The molecule has 6 nitrogen and oxygen atoms in total. The standard InChI is InChI=1S/C16H28N4O2S/c1-5-14-13(3)23-16(17-14)18-15(21)11-19-6-7-20(8-9-22-4)12(2)10-19/h12H,5-11H2,1-4H3,(H,17,18,21)/t12-/m1/s1. The molecule has 1 atom stereocenters. The molecule has 1 aromatic heterocycles. The Hall–Kier alpha value is -1.02. The van der Waals surface area contributed by atoms with E-state index in [0.29, 0.717) is 12.6 Å². The maximum absolute atomic E-state index is 12.2. The lowest BCUT2D eigenvalue weighted by atomic mass is 10.2. The van der Waals surface area contributed by atoms with Gasteiger partial charge in [0.15, 0.2) is 5.13 Å². The molecule has 0 radical (unpaired) electrons. The van der Waals surface area contributed by atoms with Gasteiger partial charge < -0.3 is 10.1 Å². The molecule has 1 aliphatic rings. The number of thiazole rings is 1. The van der Waals surface area contributed by atoms with Crippen LogP contribution in [0, 0.1) is 6.92 Å². The summed E-state index contributed by atoms with van der Waals surface area (Å²) in [4.78, 5) is 22.5. The normalized spacial score (nSPS) is 19.9. The molecule has 1 N–H and O–H groups in total. The number of ether oxygens (including phenoxy) is 1. The molecule has 0 unspecified atom stereocenters. The molecule has 23 heavy (non-hydrogen) atoms. The van der Waals surface area contributed by atoms with Crippen LogP contribution in [0.15, 0.2) is 0 Å². The molecule has 0 spiro atoms. The largest absolute Gasteiger partial charge is 0.383 e. The number of nitrogens with one attached hydrogen (secondary N) is 1. The summed E-state index contributed by atoms with van der Waals surface area (Å²) in [6.07, 6.45) is 0.902.